The molecular weight excluding hydrogens is 402 g/mol. The topological polar surface area (TPSA) is 98.9 Å². The number of rotatable bonds is 3. The zero-order valence-electron chi connectivity index (χ0n) is 17.1. The highest BCUT2D eigenvalue weighted by molar-refractivity contribution is 7.80. The first-order chi connectivity index (χ1) is 14.5. The summed E-state index contributed by atoms with van der Waals surface area (Å²) in [5, 5.41) is 6.91. The number of hydrogen-bond donors (Lipinski definition) is 2. The third kappa shape index (κ3) is 5.12. The Labute approximate surface area is 180 Å². The molecular formula is C20H25N7O2S. The van der Waals surface area contributed by atoms with Crippen LogP contribution >= 0.6 is 12.2 Å². The number of carbonyl (C=O) groups excluding carboxylic acids is 1. The number of carbonyl (C=O) groups is 1. The number of thiocarbonyl (C=S) groups is 1. The Hall–Kier alpha value is -3.01. The monoisotopic (exact) mass is 427 g/mol. The first-order valence-electron chi connectivity index (χ1n) is 10.0. The minimum Gasteiger partial charge on any atom is -0.459 e. The van der Waals surface area contributed by atoms with Crippen molar-refractivity contribution in [2.45, 2.75) is 32.7 Å². The third-order valence-electron chi connectivity index (χ3n) is 4.92. The summed E-state index contributed by atoms with van der Waals surface area (Å²) in [6.45, 7) is 6.17. The fourth-order valence-corrected chi connectivity index (χ4v) is 3.52. The molecule has 1 amide bonds. The van der Waals surface area contributed by atoms with Gasteiger partial charge in [0, 0.05) is 43.6 Å². The molecule has 4 rings (SSSR count). The van der Waals surface area contributed by atoms with Crippen LogP contribution in [0.2, 0.25) is 0 Å². The van der Waals surface area contributed by atoms with Crippen LogP contribution in [0, 0.1) is 13.8 Å². The number of hydrogen-bond acceptors (Lipinski definition) is 5. The molecule has 158 valence electrons. The van der Waals surface area contributed by atoms with Gasteiger partial charge in [-0.1, -0.05) is 0 Å². The van der Waals surface area contributed by atoms with Gasteiger partial charge in [0.25, 0.3) is 5.91 Å². The van der Waals surface area contributed by atoms with Crippen LogP contribution in [0.1, 0.15) is 34.8 Å². The van der Waals surface area contributed by atoms with Gasteiger partial charge < -0.3 is 19.5 Å². The Morgan fingerprint density at radius 1 is 1.17 bits per heavy atom. The number of aliphatic imine (C=N–C) groups is 1. The van der Waals surface area contributed by atoms with Crippen molar-refractivity contribution in [3.8, 4) is 0 Å². The summed E-state index contributed by atoms with van der Waals surface area (Å²) in [6.07, 6.45) is 3.74. The molecule has 9 nitrogen and oxygen atoms in total. The van der Waals surface area contributed by atoms with Crippen molar-refractivity contribution >= 4 is 35.1 Å². The summed E-state index contributed by atoms with van der Waals surface area (Å²) in [6, 6.07) is 5.74. The lowest BCUT2D eigenvalue weighted by molar-refractivity contribution is 0.0660. The predicted octanol–water partition coefficient (Wildman–Crippen LogP) is 1.95. The number of nitrogens with zero attached hydrogens (tertiary/aromatic N) is 5. The van der Waals surface area contributed by atoms with E-state index in [0.29, 0.717) is 55.0 Å². The summed E-state index contributed by atoms with van der Waals surface area (Å²) >= 11 is 5.42. The first-order valence-corrected chi connectivity index (χ1v) is 10.4. The molecule has 0 bridgehead atoms. The second-order valence-electron chi connectivity index (χ2n) is 7.52. The molecule has 0 unspecified atom stereocenters. The van der Waals surface area contributed by atoms with E-state index in [1.807, 2.05) is 19.9 Å². The molecule has 0 spiro atoms. The maximum absolute atomic E-state index is 12.5. The zero-order valence-corrected chi connectivity index (χ0v) is 17.9. The van der Waals surface area contributed by atoms with Crippen molar-refractivity contribution in [2.24, 2.45) is 4.99 Å². The number of furan rings is 1. The number of piperazine rings is 1. The average Bonchev–Trinajstić information content (AvgIpc) is 3.34. The van der Waals surface area contributed by atoms with E-state index >= 15 is 0 Å². The van der Waals surface area contributed by atoms with E-state index < -0.39 is 0 Å². The molecule has 10 heteroatoms. The van der Waals surface area contributed by atoms with Gasteiger partial charge in [0.1, 0.15) is 0 Å². The summed E-state index contributed by atoms with van der Waals surface area (Å²) in [7, 11) is 0. The van der Waals surface area contributed by atoms with Crippen molar-refractivity contribution in [1.82, 2.24) is 25.1 Å². The lowest BCUT2D eigenvalue weighted by atomic mass is 10.3. The van der Waals surface area contributed by atoms with Gasteiger partial charge in [-0.15, -0.1) is 0 Å². The highest BCUT2D eigenvalue weighted by Gasteiger charge is 2.27. The second kappa shape index (κ2) is 8.78. The van der Waals surface area contributed by atoms with Gasteiger partial charge in [-0.2, -0.15) is 4.99 Å². The van der Waals surface area contributed by atoms with Gasteiger partial charge >= 0.3 is 0 Å². The fourth-order valence-electron chi connectivity index (χ4n) is 3.27. The summed E-state index contributed by atoms with van der Waals surface area (Å²) in [4.78, 5) is 29.9. The van der Waals surface area contributed by atoms with E-state index in [1.54, 1.807) is 17.0 Å². The average molecular weight is 428 g/mol. The van der Waals surface area contributed by atoms with Gasteiger partial charge in [-0.3, -0.25) is 10.1 Å². The molecule has 0 radical (unpaired) electrons. The van der Waals surface area contributed by atoms with Crippen molar-refractivity contribution in [3.63, 3.8) is 0 Å². The van der Waals surface area contributed by atoms with Crippen LogP contribution in [0.4, 0.5) is 5.95 Å². The predicted molar refractivity (Wildman–Crippen MR) is 118 cm³/mol. The molecule has 2 fully saturated rings. The van der Waals surface area contributed by atoms with E-state index in [2.05, 4.69) is 30.5 Å². The van der Waals surface area contributed by atoms with Crippen LogP contribution < -0.4 is 10.6 Å². The first kappa shape index (κ1) is 20.3. The van der Waals surface area contributed by atoms with Crippen LogP contribution in [-0.4, -0.2) is 69.0 Å². The maximum atomic E-state index is 12.5. The Balaban J connectivity index is 1.47. The Bertz CT molecular complexity index is 928. The number of aryl methyl sites for hydroxylation is 2. The summed E-state index contributed by atoms with van der Waals surface area (Å²) in [5.74, 6) is 1.32. The molecule has 2 aromatic heterocycles. The minimum absolute atomic E-state index is 0.102. The largest absolute Gasteiger partial charge is 0.459 e. The third-order valence-corrected chi connectivity index (χ3v) is 5.13. The van der Waals surface area contributed by atoms with Crippen LogP contribution in [0.25, 0.3) is 0 Å². The molecule has 3 heterocycles. The van der Waals surface area contributed by atoms with E-state index in [-0.39, 0.29) is 5.91 Å². The maximum Gasteiger partial charge on any atom is 0.289 e. The van der Waals surface area contributed by atoms with E-state index in [0.717, 1.165) is 24.2 Å². The highest BCUT2D eigenvalue weighted by atomic mass is 32.1. The quantitative estimate of drug-likeness (QED) is 0.436. The van der Waals surface area contributed by atoms with Crippen LogP contribution in [0.5, 0.6) is 0 Å². The molecule has 1 aliphatic carbocycles. The van der Waals surface area contributed by atoms with Crippen LogP contribution in [0.15, 0.2) is 33.9 Å². The number of anilines is 1. The van der Waals surface area contributed by atoms with Gasteiger partial charge in [-0.05, 0) is 57.1 Å². The molecule has 1 saturated carbocycles. The fraction of sp³-hybridized carbons (Fsp3) is 0.450. The molecule has 2 N–H and O–H groups in total. The molecule has 2 aromatic rings. The molecule has 1 aliphatic heterocycles. The van der Waals surface area contributed by atoms with Crippen molar-refractivity contribution in [1.29, 1.82) is 0 Å². The van der Waals surface area contributed by atoms with Gasteiger partial charge in [0.05, 0.1) is 6.26 Å². The van der Waals surface area contributed by atoms with Crippen LogP contribution in [0.3, 0.4) is 0 Å². The molecule has 2 aliphatic rings. The van der Waals surface area contributed by atoms with Gasteiger partial charge in [-0.25, -0.2) is 9.97 Å². The lowest BCUT2D eigenvalue weighted by Crippen LogP contribution is -2.52. The number of guanidine groups is 1. The van der Waals surface area contributed by atoms with Crippen LogP contribution in [-0.2, 0) is 0 Å². The lowest BCUT2D eigenvalue weighted by Gasteiger charge is -2.36. The minimum atomic E-state index is -0.102. The zero-order chi connectivity index (χ0) is 21.1. The number of amides is 1. The molecule has 1 saturated heterocycles. The van der Waals surface area contributed by atoms with E-state index in [1.165, 1.54) is 6.26 Å². The number of aromatic nitrogens is 2. The van der Waals surface area contributed by atoms with Gasteiger partial charge in [0.15, 0.2) is 10.9 Å². The Morgan fingerprint density at radius 2 is 1.83 bits per heavy atom. The molecule has 30 heavy (non-hydrogen) atoms. The van der Waals surface area contributed by atoms with Crippen molar-refractivity contribution in [2.75, 3.05) is 31.5 Å². The molecule has 0 atom stereocenters. The molecule has 0 aromatic carbocycles. The van der Waals surface area contributed by atoms with E-state index in [9.17, 15) is 4.79 Å². The normalized spacial score (nSPS) is 17.1. The number of nitrogens with one attached hydrogen (secondary N) is 2. The van der Waals surface area contributed by atoms with Crippen molar-refractivity contribution < 1.29 is 9.21 Å². The van der Waals surface area contributed by atoms with Crippen molar-refractivity contribution in [3.05, 3.63) is 41.6 Å². The highest BCUT2D eigenvalue weighted by Crippen LogP contribution is 2.19. The van der Waals surface area contributed by atoms with E-state index in [4.69, 9.17) is 16.6 Å². The second-order valence-corrected chi connectivity index (χ2v) is 7.90. The standard InChI is InChI=1S/C20H25N7O2S/c1-13-12-14(2)22-18(21-13)24-19(25-20(30)23-15-5-6-15)27-9-7-26(8-10-27)17(28)16-4-3-11-29-16/h3-4,11-12,15H,5-10H2,1-2H3,(H2,21,22,23,24,25,30). The summed E-state index contributed by atoms with van der Waals surface area (Å²) in [5.41, 5.74) is 1.74. The Morgan fingerprint density at radius 3 is 2.43 bits per heavy atom. The smallest absolute Gasteiger partial charge is 0.289 e. The SMILES string of the molecule is Cc1cc(C)nc(N/C(=N/C(=S)NC2CC2)N2CCN(C(=O)c3ccco3)CC2)n1. The summed E-state index contributed by atoms with van der Waals surface area (Å²) < 4.78 is 5.24. The van der Waals surface area contributed by atoms with Gasteiger partial charge in [0.2, 0.25) is 11.9 Å². The Kier molecular flexibility index (Phi) is 5.93.